The van der Waals surface area contributed by atoms with Gasteiger partial charge in [0.25, 0.3) is 0 Å². The normalized spacial score (nSPS) is 19.3. The number of nitrogens with zero attached hydrogens (tertiary/aromatic N) is 4. The third-order valence-electron chi connectivity index (χ3n) is 4.93. The lowest BCUT2D eigenvalue weighted by atomic mass is 10.1. The number of halogens is 3. The fraction of sp³-hybridized carbons (Fsp3) is 0.389. The van der Waals surface area contributed by atoms with Crippen molar-refractivity contribution in [3.8, 4) is 0 Å². The monoisotopic (exact) mass is 377 g/mol. The van der Waals surface area contributed by atoms with Crippen LogP contribution in [-0.2, 0) is 12.6 Å². The van der Waals surface area contributed by atoms with Gasteiger partial charge in [-0.1, -0.05) is 18.2 Å². The van der Waals surface area contributed by atoms with Gasteiger partial charge in [-0.05, 0) is 36.6 Å². The van der Waals surface area contributed by atoms with E-state index in [1.165, 1.54) is 11.3 Å². The Morgan fingerprint density at radius 1 is 1.11 bits per heavy atom. The summed E-state index contributed by atoms with van der Waals surface area (Å²) < 4.78 is 37.7. The molecule has 2 amide bonds. The number of alkyl halides is 3. The highest BCUT2D eigenvalue weighted by Gasteiger charge is 2.34. The van der Waals surface area contributed by atoms with Crippen LogP contribution in [-0.4, -0.2) is 46.8 Å². The first kappa shape index (κ1) is 17.6. The zero-order valence-electron chi connectivity index (χ0n) is 14.4. The van der Waals surface area contributed by atoms with Gasteiger partial charge in [0.05, 0.1) is 6.04 Å². The molecule has 2 aliphatic rings. The Morgan fingerprint density at radius 3 is 2.67 bits per heavy atom. The summed E-state index contributed by atoms with van der Waals surface area (Å²) in [6, 6.07) is 9.98. The molecule has 6 nitrogen and oxygen atoms in total. The van der Waals surface area contributed by atoms with Crippen LogP contribution in [0, 0.1) is 0 Å². The van der Waals surface area contributed by atoms with Crippen molar-refractivity contribution in [2.75, 3.05) is 29.9 Å². The molecule has 9 heteroatoms. The summed E-state index contributed by atoms with van der Waals surface area (Å²) in [5.74, 6) is 0.00353. The lowest BCUT2D eigenvalue weighted by Crippen LogP contribution is -2.43. The topological polar surface area (TPSA) is 61.4 Å². The van der Waals surface area contributed by atoms with Crippen LogP contribution in [0.1, 0.15) is 17.7 Å². The number of benzene rings is 1. The van der Waals surface area contributed by atoms with E-state index < -0.39 is 11.9 Å². The van der Waals surface area contributed by atoms with E-state index in [0.29, 0.717) is 13.1 Å². The molecule has 0 aliphatic carbocycles. The predicted octanol–water partition coefficient (Wildman–Crippen LogP) is 3.16. The van der Waals surface area contributed by atoms with Crippen LogP contribution < -0.4 is 10.2 Å². The minimum Gasteiger partial charge on any atom is -0.366 e. The maximum atomic E-state index is 12.6. The third kappa shape index (κ3) is 3.54. The van der Waals surface area contributed by atoms with E-state index in [2.05, 4.69) is 32.5 Å². The highest BCUT2D eigenvalue weighted by Crippen LogP contribution is 2.33. The van der Waals surface area contributed by atoms with E-state index in [0.717, 1.165) is 31.5 Å². The molecule has 1 saturated heterocycles. The van der Waals surface area contributed by atoms with Gasteiger partial charge in [-0.25, -0.2) is 4.79 Å². The Hall–Kier alpha value is -2.84. The lowest BCUT2D eigenvalue weighted by molar-refractivity contribution is -0.141. The van der Waals surface area contributed by atoms with Gasteiger partial charge in [-0.2, -0.15) is 13.2 Å². The fourth-order valence-electron chi connectivity index (χ4n) is 3.69. The van der Waals surface area contributed by atoms with Crippen molar-refractivity contribution in [1.82, 2.24) is 15.1 Å². The fourth-order valence-corrected chi connectivity index (χ4v) is 3.69. The van der Waals surface area contributed by atoms with Crippen molar-refractivity contribution in [3.05, 3.63) is 47.7 Å². The van der Waals surface area contributed by atoms with Crippen LogP contribution in [0.2, 0.25) is 0 Å². The van der Waals surface area contributed by atoms with E-state index >= 15 is 0 Å². The largest absolute Gasteiger partial charge is 0.435 e. The molecule has 2 aromatic rings. The second-order valence-electron chi connectivity index (χ2n) is 6.71. The SMILES string of the molecule is O=C(Nc1ccc(C(F)(F)F)nn1)N1CCCN2c3ccccc3CC2C1. The van der Waals surface area contributed by atoms with Crippen molar-refractivity contribution in [2.24, 2.45) is 0 Å². The Kier molecular flexibility index (Phi) is 4.37. The summed E-state index contributed by atoms with van der Waals surface area (Å²) in [5, 5.41) is 9.14. The Morgan fingerprint density at radius 2 is 1.93 bits per heavy atom. The zero-order valence-corrected chi connectivity index (χ0v) is 14.4. The summed E-state index contributed by atoms with van der Waals surface area (Å²) in [6.07, 6.45) is -2.86. The lowest BCUT2D eigenvalue weighted by Gasteiger charge is -2.27. The first-order valence-electron chi connectivity index (χ1n) is 8.73. The smallest absolute Gasteiger partial charge is 0.366 e. The molecule has 2 aliphatic heterocycles. The molecule has 0 radical (unpaired) electrons. The minimum absolute atomic E-state index is 0.00353. The molecule has 0 spiro atoms. The molecule has 1 unspecified atom stereocenters. The van der Waals surface area contributed by atoms with E-state index in [1.54, 1.807) is 4.90 Å². The van der Waals surface area contributed by atoms with Crippen molar-refractivity contribution < 1.29 is 18.0 Å². The van der Waals surface area contributed by atoms with Crippen molar-refractivity contribution in [3.63, 3.8) is 0 Å². The number of hydrogen-bond donors (Lipinski definition) is 1. The number of fused-ring (bicyclic) bond motifs is 3. The number of para-hydroxylation sites is 1. The van der Waals surface area contributed by atoms with E-state index in [-0.39, 0.29) is 17.9 Å². The number of urea groups is 1. The van der Waals surface area contributed by atoms with Crippen molar-refractivity contribution in [2.45, 2.75) is 25.1 Å². The van der Waals surface area contributed by atoms with Crippen LogP contribution in [0.5, 0.6) is 0 Å². The second kappa shape index (κ2) is 6.71. The Balaban J connectivity index is 1.43. The highest BCUT2D eigenvalue weighted by molar-refractivity contribution is 5.88. The molecule has 4 rings (SSSR count). The molecule has 1 N–H and O–H groups in total. The van der Waals surface area contributed by atoms with Gasteiger partial charge in [0.2, 0.25) is 0 Å². The Labute approximate surface area is 154 Å². The zero-order chi connectivity index (χ0) is 19.0. The van der Waals surface area contributed by atoms with Gasteiger partial charge in [0.15, 0.2) is 11.5 Å². The van der Waals surface area contributed by atoms with Gasteiger partial charge >= 0.3 is 12.2 Å². The van der Waals surface area contributed by atoms with Crippen LogP contribution in [0.3, 0.4) is 0 Å². The van der Waals surface area contributed by atoms with Crippen LogP contribution in [0.4, 0.5) is 29.5 Å². The van der Waals surface area contributed by atoms with Gasteiger partial charge in [-0.15, -0.1) is 10.2 Å². The first-order chi connectivity index (χ1) is 12.9. The molecular weight excluding hydrogens is 359 g/mol. The molecule has 0 bridgehead atoms. The molecule has 1 aromatic carbocycles. The van der Waals surface area contributed by atoms with Crippen molar-refractivity contribution in [1.29, 1.82) is 0 Å². The van der Waals surface area contributed by atoms with E-state index in [1.807, 2.05) is 12.1 Å². The first-order valence-corrected chi connectivity index (χ1v) is 8.73. The molecule has 1 aromatic heterocycles. The number of aromatic nitrogens is 2. The van der Waals surface area contributed by atoms with Gasteiger partial charge in [0.1, 0.15) is 0 Å². The third-order valence-corrected chi connectivity index (χ3v) is 4.93. The number of amides is 2. The number of anilines is 2. The van der Waals surface area contributed by atoms with E-state index in [4.69, 9.17) is 0 Å². The predicted molar refractivity (Wildman–Crippen MR) is 93.5 cm³/mol. The number of carbonyl (C=O) groups excluding carboxylic acids is 1. The second-order valence-corrected chi connectivity index (χ2v) is 6.71. The van der Waals surface area contributed by atoms with Gasteiger partial charge in [0, 0.05) is 25.3 Å². The molecule has 27 heavy (non-hydrogen) atoms. The van der Waals surface area contributed by atoms with Crippen LogP contribution in [0.25, 0.3) is 0 Å². The number of carbonyl (C=O) groups is 1. The molecule has 1 fully saturated rings. The van der Waals surface area contributed by atoms with Crippen LogP contribution >= 0.6 is 0 Å². The molecule has 1 atom stereocenters. The highest BCUT2D eigenvalue weighted by atomic mass is 19.4. The van der Waals surface area contributed by atoms with E-state index in [9.17, 15) is 18.0 Å². The average molecular weight is 377 g/mol. The molecule has 0 saturated carbocycles. The maximum absolute atomic E-state index is 12.6. The number of hydrogen-bond acceptors (Lipinski definition) is 4. The molecule has 142 valence electrons. The standard InChI is InChI=1S/C18H18F3N5O/c19-18(20,21)15-6-7-16(24-23-15)22-17(27)25-8-3-9-26-13(11-25)10-12-4-1-2-5-14(12)26/h1-2,4-7,13H,3,8-11H2,(H,22,24,27). The molecule has 3 heterocycles. The average Bonchev–Trinajstić information content (AvgIpc) is 2.84. The van der Waals surface area contributed by atoms with Gasteiger partial charge < -0.3 is 9.80 Å². The van der Waals surface area contributed by atoms with Crippen LogP contribution in [0.15, 0.2) is 36.4 Å². The minimum atomic E-state index is -4.55. The number of rotatable bonds is 1. The maximum Gasteiger partial charge on any atom is 0.435 e. The molecular formula is C18H18F3N5O. The summed E-state index contributed by atoms with van der Waals surface area (Å²) in [5.41, 5.74) is 1.41. The van der Waals surface area contributed by atoms with Crippen molar-refractivity contribution >= 4 is 17.5 Å². The van der Waals surface area contributed by atoms with Gasteiger partial charge in [-0.3, -0.25) is 5.32 Å². The summed E-state index contributed by atoms with van der Waals surface area (Å²) in [6.45, 7) is 2.00. The number of nitrogens with one attached hydrogen (secondary N) is 1. The Bertz CT molecular complexity index is 840. The quantitative estimate of drug-likeness (QED) is 0.829. The summed E-state index contributed by atoms with van der Waals surface area (Å²) in [4.78, 5) is 16.6. The summed E-state index contributed by atoms with van der Waals surface area (Å²) >= 11 is 0. The summed E-state index contributed by atoms with van der Waals surface area (Å²) in [7, 11) is 0.